The average Bonchev–Trinajstić information content (AvgIpc) is 2.91. The van der Waals surface area contributed by atoms with Crippen LogP contribution in [-0.2, 0) is 18.3 Å². The van der Waals surface area contributed by atoms with Crippen molar-refractivity contribution in [3.63, 3.8) is 0 Å². The third-order valence-electron chi connectivity index (χ3n) is 3.84. The molecule has 0 fully saturated rings. The number of rotatable bonds is 3. The number of carbonyl (C=O) groups excluding carboxylic acids is 1. The van der Waals surface area contributed by atoms with Gasteiger partial charge in [-0.05, 0) is 36.5 Å². The molecule has 0 saturated carbocycles. The first-order valence-electron chi connectivity index (χ1n) is 7.27. The van der Waals surface area contributed by atoms with E-state index in [9.17, 15) is 4.79 Å². The van der Waals surface area contributed by atoms with Crippen molar-refractivity contribution in [2.45, 2.75) is 25.3 Å². The van der Waals surface area contributed by atoms with Crippen molar-refractivity contribution in [3.05, 3.63) is 59.4 Å². The fourth-order valence-corrected chi connectivity index (χ4v) is 2.82. The lowest BCUT2D eigenvalue weighted by molar-refractivity contribution is -0.117. The Kier molecular flexibility index (Phi) is 3.86. The van der Waals surface area contributed by atoms with Crippen molar-refractivity contribution in [1.82, 2.24) is 15.1 Å². The molecule has 1 N–H and O–H groups in total. The van der Waals surface area contributed by atoms with Gasteiger partial charge in [-0.2, -0.15) is 5.10 Å². The van der Waals surface area contributed by atoms with Crippen LogP contribution in [0.15, 0.2) is 42.7 Å². The number of fused-ring (bicyclic) bond motifs is 1. The van der Waals surface area contributed by atoms with Crippen LogP contribution < -0.4 is 5.32 Å². The minimum Gasteiger partial charge on any atom is -0.346 e. The molecule has 21 heavy (non-hydrogen) atoms. The van der Waals surface area contributed by atoms with Gasteiger partial charge in [0.25, 0.3) is 0 Å². The van der Waals surface area contributed by atoms with E-state index < -0.39 is 0 Å². The molecule has 1 aromatic carbocycles. The summed E-state index contributed by atoms with van der Waals surface area (Å²) in [5.74, 6) is -0.0550. The maximum atomic E-state index is 12.1. The molecule has 4 heteroatoms. The molecule has 1 aromatic heterocycles. The van der Waals surface area contributed by atoms with E-state index in [2.05, 4.69) is 28.6 Å². The van der Waals surface area contributed by atoms with Gasteiger partial charge in [0, 0.05) is 24.9 Å². The van der Waals surface area contributed by atoms with Gasteiger partial charge in [0.1, 0.15) is 0 Å². The molecule has 4 nitrogen and oxygen atoms in total. The molecule has 1 aliphatic carbocycles. The zero-order chi connectivity index (χ0) is 14.7. The third-order valence-corrected chi connectivity index (χ3v) is 3.84. The topological polar surface area (TPSA) is 46.9 Å². The molecule has 1 unspecified atom stereocenters. The van der Waals surface area contributed by atoms with E-state index in [-0.39, 0.29) is 11.9 Å². The average molecular weight is 281 g/mol. The molecule has 1 heterocycles. The van der Waals surface area contributed by atoms with Crippen LogP contribution >= 0.6 is 0 Å². The number of hydrogen-bond donors (Lipinski definition) is 1. The first-order valence-corrected chi connectivity index (χ1v) is 7.27. The maximum Gasteiger partial charge on any atom is 0.244 e. The molecule has 0 aliphatic heterocycles. The lowest BCUT2D eigenvalue weighted by Gasteiger charge is -2.25. The second-order valence-corrected chi connectivity index (χ2v) is 5.43. The van der Waals surface area contributed by atoms with E-state index >= 15 is 0 Å². The lowest BCUT2D eigenvalue weighted by atomic mass is 9.88. The highest BCUT2D eigenvalue weighted by Crippen LogP contribution is 2.29. The first-order chi connectivity index (χ1) is 10.2. The molecule has 3 rings (SSSR count). The van der Waals surface area contributed by atoms with Gasteiger partial charge in [-0.15, -0.1) is 0 Å². The predicted octanol–water partition coefficient (Wildman–Crippen LogP) is 2.63. The molecule has 1 amide bonds. The lowest BCUT2D eigenvalue weighted by Crippen LogP contribution is -2.29. The number of nitrogens with zero attached hydrogens (tertiary/aromatic N) is 2. The highest BCUT2D eigenvalue weighted by molar-refractivity contribution is 5.91. The van der Waals surface area contributed by atoms with Gasteiger partial charge in [0.15, 0.2) is 0 Å². The number of amides is 1. The molecule has 0 bridgehead atoms. The molecule has 0 spiro atoms. The predicted molar refractivity (Wildman–Crippen MR) is 82.5 cm³/mol. The molecule has 0 saturated heterocycles. The number of nitrogens with one attached hydrogen (secondary N) is 1. The van der Waals surface area contributed by atoms with E-state index in [4.69, 9.17) is 0 Å². The first kappa shape index (κ1) is 13.6. The molecule has 108 valence electrons. The summed E-state index contributed by atoms with van der Waals surface area (Å²) in [6.45, 7) is 0. The second kappa shape index (κ2) is 5.95. The minimum atomic E-state index is -0.0550. The van der Waals surface area contributed by atoms with Gasteiger partial charge in [-0.3, -0.25) is 9.48 Å². The van der Waals surface area contributed by atoms with Crippen LogP contribution in [0.25, 0.3) is 6.08 Å². The van der Waals surface area contributed by atoms with Crippen molar-refractivity contribution < 1.29 is 4.79 Å². The largest absolute Gasteiger partial charge is 0.346 e. The standard InChI is InChI=1S/C17H19N3O/c1-20-12-13(11-18-20)9-10-17(21)19-16-8-4-6-14-5-2-3-7-15(14)16/h2-3,5,7,9-12,16H,4,6,8H2,1H3,(H,19,21)/b10-9+. The maximum absolute atomic E-state index is 12.1. The highest BCUT2D eigenvalue weighted by atomic mass is 16.1. The van der Waals surface area contributed by atoms with Crippen molar-refractivity contribution in [2.24, 2.45) is 7.05 Å². The molecular formula is C17H19N3O. The van der Waals surface area contributed by atoms with Crippen LogP contribution in [0.2, 0.25) is 0 Å². The van der Waals surface area contributed by atoms with Gasteiger partial charge in [0.2, 0.25) is 5.91 Å². The Morgan fingerprint density at radius 3 is 3.10 bits per heavy atom. The minimum absolute atomic E-state index is 0.0550. The van der Waals surface area contributed by atoms with Crippen LogP contribution in [0.4, 0.5) is 0 Å². The molecule has 1 aliphatic rings. The van der Waals surface area contributed by atoms with E-state index in [1.54, 1.807) is 23.0 Å². The van der Waals surface area contributed by atoms with Gasteiger partial charge in [0.05, 0.1) is 12.2 Å². The molecular weight excluding hydrogens is 262 g/mol. The number of benzene rings is 1. The van der Waals surface area contributed by atoms with Crippen molar-refractivity contribution in [2.75, 3.05) is 0 Å². The second-order valence-electron chi connectivity index (χ2n) is 5.43. The Bertz CT molecular complexity index is 672. The summed E-state index contributed by atoms with van der Waals surface area (Å²) in [4.78, 5) is 12.1. The Morgan fingerprint density at radius 2 is 2.29 bits per heavy atom. The summed E-state index contributed by atoms with van der Waals surface area (Å²) < 4.78 is 1.72. The number of carbonyl (C=O) groups is 1. The van der Waals surface area contributed by atoms with Gasteiger partial charge in [-0.1, -0.05) is 24.3 Å². The zero-order valence-electron chi connectivity index (χ0n) is 12.1. The smallest absolute Gasteiger partial charge is 0.244 e. The quantitative estimate of drug-likeness (QED) is 0.879. The molecule has 1 atom stereocenters. The van der Waals surface area contributed by atoms with Crippen LogP contribution in [-0.4, -0.2) is 15.7 Å². The number of aryl methyl sites for hydroxylation is 2. The van der Waals surface area contributed by atoms with Crippen molar-refractivity contribution in [1.29, 1.82) is 0 Å². The summed E-state index contributed by atoms with van der Waals surface area (Å²) in [6, 6.07) is 8.49. The molecule has 2 aromatic rings. The Morgan fingerprint density at radius 1 is 1.43 bits per heavy atom. The summed E-state index contributed by atoms with van der Waals surface area (Å²) in [5.41, 5.74) is 3.54. The fourth-order valence-electron chi connectivity index (χ4n) is 2.82. The molecule has 0 radical (unpaired) electrons. The Labute approximate surface area is 124 Å². The van der Waals surface area contributed by atoms with E-state index in [0.717, 1.165) is 24.8 Å². The van der Waals surface area contributed by atoms with E-state index in [1.807, 2.05) is 19.3 Å². The summed E-state index contributed by atoms with van der Waals surface area (Å²) >= 11 is 0. The number of aromatic nitrogens is 2. The van der Waals surface area contributed by atoms with E-state index in [1.165, 1.54) is 11.1 Å². The highest BCUT2D eigenvalue weighted by Gasteiger charge is 2.20. The van der Waals surface area contributed by atoms with Crippen molar-refractivity contribution in [3.8, 4) is 0 Å². The van der Waals surface area contributed by atoms with Gasteiger partial charge >= 0.3 is 0 Å². The van der Waals surface area contributed by atoms with Crippen LogP contribution in [0, 0.1) is 0 Å². The summed E-state index contributed by atoms with van der Waals surface area (Å²) in [5, 5.41) is 7.17. The summed E-state index contributed by atoms with van der Waals surface area (Å²) in [6.07, 6.45) is 10.2. The zero-order valence-corrected chi connectivity index (χ0v) is 12.1. The summed E-state index contributed by atoms with van der Waals surface area (Å²) in [7, 11) is 1.86. The monoisotopic (exact) mass is 281 g/mol. The van der Waals surface area contributed by atoms with Crippen LogP contribution in [0.5, 0.6) is 0 Å². The SMILES string of the molecule is Cn1cc(/C=C/C(=O)NC2CCCc3ccccc32)cn1. The van der Waals surface area contributed by atoms with Gasteiger partial charge < -0.3 is 5.32 Å². The van der Waals surface area contributed by atoms with E-state index in [0.29, 0.717) is 0 Å². The third kappa shape index (κ3) is 3.21. The van der Waals surface area contributed by atoms with Gasteiger partial charge in [-0.25, -0.2) is 0 Å². The Balaban J connectivity index is 1.67. The number of hydrogen-bond acceptors (Lipinski definition) is 2. The van der Waals surface area contributed by atoms with Crippen molar-refractivity contribution >= 4 is 12.0 Å². The van der Waals surface area contributed by atoms with Crippen LogP contribution in [0.3, 0.4) is 0 Å². The fraction of sp³-hybridized carbons (Fsp3) is 0.294. The normalized spacial score (nSPS) is 17.7. The Hall–Kier alpha value is -2.36. The van der Waals surface area contributed by atoms with Crippen LogP contribution in [0.1, 0.15) is 35.6 Å².